The number of nitrogen functional groups attached to an aromatic ring is 1. The van der Waals surface area contributed by atoms with Crippen LogP contribution in [0.1, 0.15) is 11.4 Å². The minimum atomic E-state index is -4.45. The molecule has 3 N–H and O–H groups in total. The molecule has 0 radical (unpaired) electrons. The van der Waals surface area contributed by atoms with E-state index >= 15 is 0 Å². The van der Waals surface area contributed by atoms with Crippen LogP contribution in [0.4, 0.5) is 24.5 Å². The minimum Gasteiger partial charge on any atom is -0.399 e. The van der Waals surface area contributed by atoms with Gasteiger partial charge in [-0.3, -0.25) is 0 Å². The van der Waals surface area contributed by atoms with Crippen molar-refractivity contribution in [1.29, 1.82) is 0 Å². The summed E-state index contributed by atoms with van der Waals surface area (Å²) in [7, 11) is 0. The highest BCUT2D eigenvalue weighted by atomic mass is 19.4. The normalized spacial score (nSPS) is 11.5. The Kier molecular flexibility index (Phi) is 3.59. The molecule has 0 bridgehead atoms. The van der Waals surface area contributed by atoms with Gasteiger partial charge in [0.15, 0.2) is 5.82 Å². The molecular weight excluding hydrogens is 261 g/mol. The van der Waals surface area contributed by atoms with E-state index in [1.807, 2.05) is 0 Å². The molecule has 0 amide bonds. The van der Waals surface area contributed by atoms with Gasteiger partial charge in [0.05, 0.1) is 5.56 Å². The lowest BCUT2D eigenvalue weighted by atomic mass is 10.1. The first-order valence-electron chi connectivity index (χ1n) is 5.42. The van der Waals surface area contributed by atoms with Crippen molar-refractivity contribution in [3.63, 3.8) is 0 Å². The van der Waals surface area contributed by atoms with Crippen LogP contribution in [-0.2, 0) is 12.6 Å². The van der Waals surface area contributed by atoms with E-state index in [0.717, 1.165) is 6.07 Å². The number of rotatable bonds is 4. The molecular formula is C11H11F3N4O. The third-order valence-corrected chi connectivity index (χ3v) is 2.42. The van der Waals surface area contributed by atoms with Crippen molar-refractivity contribution in [1.82, 2.24) is 10.1 Å². The standard InChI is InChI=1S/C11H11F3N4O/c12-11(13,14)8-5-7(15)1-2-9(8)16-4-3-10-17-6-19-18-10/h1-2,5-6,16H,3-4,15H2. The second-order valence-corrected chi connectivity index (χ2v) is 3.83. The number of nitrogens with two attached hydrogens (primary N) is 1. The first-order valence-corrected chi connectivity index (χ1v) is 5.42. The second kappa shape index (κ2) is 5.17. The van der Waals surface area contributed by atoms with E-state index in [0.29, 0.717) is 12.2 Å². The van der Waals surface area contributed by atoms with Gasteiger partial charge in [-0.25, -0.2) is 0 Å². The molecule has 1 aromatic carbocycles. The van der Waals surface area contributed by atoms with Crippen molar-refractivity contribution in [2.24, 2.45) is 0 Å². The fraction of sp³-hybridized carbons (Fsp3) is 0.273. The molecule has 1 heterocycles. The molecule has 102 valence electrons. The van der Waals surface area contributed by atoms with Gasteiger partial charge in [-0.05, 0) is 18.2 Å². The summed E-state index contributed by atoms with van der Waals surface area (Å²) in [5.41, 5.74) is 4.62. The summed E-state index contributed by atoms with van der Waals surface area (Å²) < 4.78 is 42.9. The summed E-state index contributed by atoms with van der Waals surface area (Å²) in [6, 6.07) is 3.61. The molecule has 0 aliphatic heterocycles. The molecule has 0 aliphatic rings. The summed E-state index contributed by atoms with van der Waals surface area (Å²) >= 11 is 0. The highest BCUT2D eigenvalue weighted by Crippen LogP contribution is 2.35. The Morgan fingerprint density at radius 3 is 2.74 bits per heavy atom. The van der Waals surface area contributed by atoms with Crippen LogP contribution in [0.25, 0.3) is 0 Å². The topological polar surface area (TPSA) is 77.0 Å². The summed E-state index contributed by atoms with van der Waals surface area (Å²) in [4.78, 5) is 3.77. The Balaban J connectivity index is 2.07. The maximum absolute atomic E-state index is 12.8. The second-order valence-electron chi connectivity index (χ2n) is 3.83. The molecule has 8 heteroatoms. The van der Waals surface area contributed by atoms with Crippen molar-refractivity contribution in [3.05, 3.63) is 36.0 Å². The van der Waals surface area contributed by atoms with Crippen LogP contribution in [0.15, 0.2) is 29.1 Å². The molecule has 0 unspecified atom stereocenters. The van der Waals surface area contributed by atoms with Gasteiger partial charge in [0, 0.05) is 24.3 Å². The van der Waals surface area contributed by atoms with Gasteiger partial charge in [0.1, 0.15) is 0 Å². The molecule has 0 aliphatic carbocycles. The third kappa shape index (κ3) is 3.36. The molecule has 0 fully saturated rings. The molecule has 19 heavy (non-hydrogen) atoms. The zero-order valence-corrected chi connectivity index (χ0v) is 9.74. The van der Waals surface area contributed by atoms with Gasteiger partial charge in [0.2, 0.25) is 6.39 Å². The first kappa shape index (κ1) is 13.2. The highest BCUT2D eigenvalue weighted by molar-refractivity contribution is 5.59. The molecule has 0 saturated heterocycles. The lowest BCUT2D eigenvalue weighted by Crippen LogP contribution is -2.13. The van der Waals surface area contributed by atoms with Gasteiger partial charge < -0.3 is 15.6 Å². The predicted octanol–water partition coefficient (Wildman–Crippen LogP) is 2.33. The zero-order chi connectivity index (χ0) is 13.9. The van der Waals surface area contributed by atoms with E-state index in [1.165, 1.54) is 18.5 Å². The number of aromatic nitrogens is 2. The quantitative estimate of drug-likeness (QED) is 0.835. The molecule has 1 aromatic heterocycles. The lowest BCUT2D eigenvalue weighted by molar-refractivity contribution is -0.136. The van der Waals surface area contributed by atoms with Gasteiger partial charge >= 0.3 is 6.18 Å². The number of hydrogen-bond donors (Lipinski definition) is 2. The number of hydrogen-bond acceptors (Lipinski definition) is 5. The van der Waals surface area contributed by atoms with Crippen molar-refractivity contribution >= 4 is 11.4 Å². The van der Waals surface area contributed by atoms with Crippen LogP contribution in [0.3, 0.4) is 0 Å². The van der Waals surface area contributed by atoms with E-state index in [9.17, 15) is 13.2 Å². The zero-order valence-electron chi connectivity index (χ0n) is 9.74. The average Bonchev–Trinajstić information content (AvgIpc) is 2.83. The van der Waals surface area contributed by atoms with Crippen molar-refractivity contribution < 1.29 is 17.7 Å². The number of benzene rings is 1. The maximum atomic E-state index is 12.8. The van der Waals surface area contributed by atoms with Crippen LogP contribution in [0, 0.1) is 0 Å². The minimum absolute atomic E-state index is 0.0230. The van der Waals surface area contributed by atoms with Crippen LogP contribution in [-0.4, -0.2) is 16.7 Å². The third-order valence-electron chi connectivity index (χ3n) is 2.42. The van der Waals surface area contributed by atoms with Crippen molar-refractivity contribution in [3.8, 4) is 0 Å². The number of nitrogens with zero attached hydrogens (tertiary/aromatic N) is 2. The summed E-state index contributed by atoms with van der Waals surface area (Å²) in [6.07, 6.45) is -2.93. The molecule has 0 spiro atoms. The fourth-order valence-electron chi connectivity index (χ4n) is 1.56. The van der Waals surface area contributed by atoms with Crippen LogP contribution in [0.2, 0.25) is 0 Å². The van der Waals surface area contributed by atoms with Gasteiger partial charge in [-0.2, -0.15) is 18.2 Å². The molecule has 0 saturated carbocycles. The Bertz CT molecular complexity index is 539. The summed E-state index contributed by atoms with van der Waals surface area (Å²) in [6.45, 7) is 0.256. The predicted molar refractivity (Wildman–Crippen MR) is 62.3 cm³/mol. The Morgan fingerprint density at radius 1 is 1.32 bits per heavy atom. The summed E-state index contributed by atoms with van der Waals surface area (Å²) in [5, 5.41) is 6.25. The number of nitrogens with one attached hydrogen (secondary N) is 1. The van der Waals surface area contributed by atoms with Gasteiger partial charge in [-0.1, -0.05) is 5.16 Å². The Hall–Kier alpha value is -2.25. The summed E-state index contributed by atoms with van der Waals surface area (Å²) in [5.74, 6) is 0.427. The van der Waals surface area contributed by atoms with E-state index in [1.54, 1.807) is 0 Å². The Labute approximate surface area is 106 Å². The fourth-order valence-corrected chi connectivity index (χ4v) is 1.56. The number of anilines is 2. The highest BCUT2D eigenvalue weighted by Gasteiger charge is 2.33. The van der Waals surface area contributed by atoms with E-state index in [-0.39, 0.29) is 17.9 Å². The van der Waals surface area contributed by atoms with E-state index < -0.39 is 11.7 Å². The van der Waals surface area contributed by atoms with Crippen LogP contribution >= 0.6 is 0 Å². The molecule has 2 aromatic rings. The van der Waals surface area contributed by atoms with Crippen molar-refractivity contribution in [2.45, 2.75) is 12.6 Å². The maximum Gasteiger partial charge on any atom is 0.418 e. The molecule has 0 atom stereocenters. The molecule has 2 rings (SSSR count). The number of halogens is 3. The van der Waals surface area contributed by atoms with Crippen LogP contribution in [0.5, 0.6) is 0 Å². The first-order chi connectivity index (χ1) is 8.97. The SMILES string of the molecule is Nc1ccc(NCCc2ncon2)c(C(F)(F)F)c1. The molecule has 5 nitrogen and oxygen atoms in total. The van der Waals surface area contributed by atoms with Crippen molar-refractivity contribution in [2.75, 3.05) is 17.6 Å². The van der Waals surface area contributed by atoms with Crippen LogP contribution < -0.4 is 11.1 Å². The number of alkyl halides is 3. The smallest absolute Gasteiger partial charge is 0.399 e. The van der Waals surface area contributed by atoms with Gasteiger partial charge in [-0.15, -0.1) is 0 Å². The largest absolute Gasteiger partial charge is 0.418 e. The lowest BCUT2D eigenvalue weighted by Gasteiger charge is -2.14. The van der Waals surface area contributed by atoms with E-state index in [2.05, 4.69) is 20.0 Å². The monoisotopic (exact) mass is 272 g/mol. The van der Waals surface area contributed by atoms with Gasteiger partial charge in [0.25, 0.3) is 0 Å². The Morgan fingerprint density at radius 2 is 2.11 bits per heavy atom. The average molecular weight is 272 g/mol. The van der Waals surface area contributed by atoms with E-state index in [4.69, 9.17) is 5.73 Å².